The molecule has 2 heterocycles. The number of carbonyl (C=O) groups is 1. The molecule has 0 unspecified atom stereocenters. The molecule has 0 radical (unpaired) electrons. The average molecular weight is 527 g/mol. The monoisotopic (exact) mass is 526 g/mol. The van der Waals surface area contributed by atoms with E-state index in [-0.39, 0.29) is 30.1 Å². The predicted molar refractivity (Wildman–Crippen MR) is 124 cm³/mol. The van der Waals surface area contributed by atoms with Gasteiger partial charge in [0.25, 0.3) is 5.91 Å². The second kappa shape index (κ2) is 10.1. The Bertz CT molecular complexity index is 1230. The third-order valence-electron chi connectivity index (χ3n) is 6.09. The van der Waals surface area contributed by atoms with Gasteiger partial charge in [-0.25, -0.2) is 14.4 Å². The molecule has 0 saturated carbocycles. The summed E-state index contributed by atoms with van der Waals surface area (Å²) >= 11 is 12.3. The molecule has 1 fully saturated rings. The van der Waals surface area contributed by atoms with Crippen molar-refractivity contribution in [3.63, 3.8) is 0 Å². The summed E-state index contributed by atoms with van der Waals surface area (Å²) in [6.07, 6.45) is -1.99. The lowest BCUT2D eigenvalue weighted by Crippen LogP contribution is -2.38. The predicted octanol–water partition coefficient (Wildman–Crippen LogP) is 5.68. The molecule has 1 aromatic heterocycles. The van der Waals surface area contributed by atoms with Crippen LogP contribution in [0, 0.1) is 5.82 Å². The molecular weight excluding hydrogens is 507 g/mol. The zero-order valence-corrected chi connectivity index (χ0v) is 19.9. The van der Waals surface area contributed by atoms with Crippen molar-refractivity contribution >= 4 is 29.1 Å². The number of likely N-dealkylation sites (N-methyl/N-ethyl adjacent to an activating group) is 1. The van der Waals surface area contributed by atoms with Gasteiger partial charge in [-0.1, -0.05) is 35.3 Å². The molecule has 3 aromatic rings. The molecular formula is C24H20Cl2F4N4O. The highest BCUT2D eigenvalue weighted by Crippen LogP contribution is 2.36. The van der Waals surface area contributed by atoms with E-state index in [0.717, 1.165) is 17.7 Å². The number of hydrogen-bond donors (Lipinski definition) is 0. The molecule has 35 heavy (non-hydrogen) atoms. The zero-order chi connectivity index (χ0) is 25.3. The first kappa shape index (κ1) is 25.3. The minimum Gasteiger partial charge on any atom is -0.335 e. The summed E-state index contributed by atoms with van der Waals surface area (Å²) in [6, 6.07) is 9.44. The molecule has 1 aliphatic heterocycles. The Morgan fingerprint density at radius 1 is 1.11 bits per heavy atom. The van der Waals surface area contributed by atoms with Crippen molar-refractivity contribution in [2.45, 2.75) is 24.7 Å². The van der Waals surface area contributed by atoms with Crippen LogP contribution in [0.15, 0.2) is 55.0 Å². The number of amides is 1. The second-order valence-electron chi connectivity index (χ2n) is 8.38. The molecule has 2 aromatic carbocycles. The maximum absolute atomic E-state index is 14.1. The molecule has 1 amide bonds. The van der Waals surface area contributed by atoms with Crippen LogP contribution in [0.3, 0.4) is 0 Å². The smallest absolute Gasteiger partial charge is 0.335 e. The highest BCUT2D eigenvalue weighted by Gasteiger charge is 2.39. The lowest BCUT2D eigenvalue weighted by Gasteiger charge is -2.29. The molecule has 184 valence electrons. The Kier molecular flexibility index (Phi) is 7.30. The molecule has 2 atom stereocenters. The first-order chi connectivity index (χ1) is 16.5. The van der Waals surface area contributed by atoms with Crippen molar-refractivity contribution in [3.05, 3.63) is 93.2 Å². The Hall–Kier alpha value is -2.75. The van der Waals surface area contributed by atoms with Crippen LogP contribution < -0.4 is 0 Å². The topological polar surface area (TPSA) is 49.3 Å². The Morgan fingerprint density at radius 2 is 1.89 bits per heavy atom. The van der Waals surface area contributed by atoms with Gasteiger partial charge in [-0.15, -0.1) is 0 Å². The Labute approximate surface area is 209 Å². The van der Waals surface area contributed by atoms with Crippen LogP contribution in [0.1, 0.15) is 33.1 Å². The summed E-state index contributed by atoms with van der Waals surface area (Å²) in [6.45, 7) is 0.859. The van der Waals surface area contributed by atoms with E-state index >= 15 is 0 Å². The van der Waals surface area contributed by atoms with Crippen molar-refractivity contribution in [1.82, 2.24) is 19.8 Å². The summed E-state index contributed by atoms with van der Waals surface area (Å²) in [7, 11) is 1.78. The van der Waals surface area contributed by atoms with Gasteiger partial charge in [0.15, 0.2) is 0 Å². The summed E-state index contributed by atoms with van der Waals surface area (Å²) in [5, 5.41) is 0.767. The van der Waals surface area contributed by atoms with Gasteiger partial charge in [0, 0.05) is 37.8 Å². The fourth-order valence-electron chi connectivity index (χ4n) is 4.34. The van der Waals surface area contributed by atoms with Gasteiger partial charge in [0.05, 0.1) is 15.6 Å². The van der Waals surface area contributed by atoms with E-state index in [2.05, 4.69) is 9.97 Å². The van der Waals surface area contributed by atoms with Gasteiger partial charge >= 0.3 is 6.18 Å². The van der Waals surface area contributed by atoms with Crippen molar-refractivity contribution in [3.8, 4) is 0 Å². The quantitative estimate of drug-likeness (QED) is 0.401. The van der Waals surface area contributed by atoms with Gasteiger partial charge in [-0.2, -0.15) is 13.2 Å². The number of rotatable bonds is 5. The number of hydrogen-bond acceptors (Lipinski definition) is 4. The Balaban J connectivity index is 1.61. The standard InChI is InChI=1S/C24H20Cl2F4N4O/c1-33(10-14-2-4-17(20(27)8-14)24(28,29)30)22-12-34(23(35)21-6-7-31-13-32-21)11-16(22)15-3-5-18(25)19(26)9-15/h2-9,13,16,22H,10-12H2,1H3/t16-,22+/m1/s1. The summed E-state index contributed by atoms with van der Waals surface area (Å²) in [5.74, 6) is -1.77. The normalized spacial score (nSPS) is 18.3. The van der Waals surface area contributed by atoms with E-state index in [1.807, 2.05) is 11.0 Å². The first-order valence-electron chi connectivity index (χ1n) is 10.6. The zero-order valence-electron chi connectivity index (χ0n) is 18.4. The number of nitrogens with zero attached hydrogens (tertiary/aromatic N) is 4. The SMILES string of the molecule is CN(Cc1ccc(C(F)(F)F)c(F)c1)[C@H]1CN(C(=O)c2ccncn2)C[C@@H]1c1ccc(Cl)c(Cl)c1. The second-order valence-corrected chi connectivity index (χ2v) is 9.19. The maximum Gasteiger partial charge on any atom is 0.419 e. The third-order valence-corrected chi connectivity index (χ3v) is 6.83. The van der Waals surface area contributed by atoms with Crippen LogP contribution in [0.5, 0.6) is 0 Å². The first-order valence-corrected chi connectivity index (χ1v) is 11.4. The molecule has 4 rings (SSSR count). The Morgan fingerprint density at radius 3 is 2.51 bits per heavy atom. The van der Waals surface area contributed by atoms with Crippen molar-refractivity contribution in [2.24, 2.45) is 0 Å². The van der Waals surface area contributed by atoms with Crippen molar-refractivity contribution in [2.75, 3.05) is 20.1 Å². The van der Waals surface area contributed by atoms with Gasteiger partial charge in [0.2, 0.25) is 0 Å². The maximum atomic E-state index is 14.1. The van der Waals surface area contributed by atoms with Crippen LogP contribution in [0.2, 0.25) is 10.0 Å². The number of alkyl halides is 3. The largest absolute Gasteiger partial charge is 0.419 e. The number of aromatic nitrogens is 2. The molecule has 0 bridgehead atoms. The molecule has 1 saturated heterocycles. The van der Waals surface area contributed by atoms with E-state index in [1.54, 1.807) is 24.1 Å². The van der Waals surface area contributed by atoms with Crippen molar-refractivity contribution in [1.29, 1.82) is 0 Å². The molecule has 0 aliphatic carbocycles. The number of carbonyl (C=O) groups excluding carboxylic acids is 1. The van der Waals surface area contributed by atoms with E-state index in [1.165, 1.54) is 24.7 Å². The summed E-state index contributed by atoms with van der Waals surface area (Å²) in [5.41, 5.74) is 0.181. The third kappa shape index (κ3) is 5.58. The van der Waals surface area contributed by atoms with E-state index < -0.39 is 17.6 Å². The minimum atomic E-state index is -4.76. The molecule has 1 aliphatic rings. The highest BCUT2D eigenvalue weighted by molar-refractivity contribution is 6.42. The molecule has 5 nitrogen and oxygen atoms in total. The minimum absolute atomic E-state index is 0.174. The number of benzene rings is 2. The van der Waals surface area contributed by atoms with Gasteiger partial charge in [-0.05, 0) is 48.5 Å². The summed E-state index contributed by atoms with van der Waals surface area (Å²) in [4.78, 5) is 24.5. The van der Waals surface area contributed by atoms with Crippen LogP contribution in [0.25, 0.3) is 0 Å². The van der Waals surface area contributed by atoms with Crippen molar-refractivity contribution < 1.29 is 22.4 Å². The fourth-order valence-corrected chi connectivity index (χ4v) is 4.65. The van der Waals surface area contributed by atoms with E-state index in [4.69, 9.17) is 23.2 Å². The number of halogens is 6. The van der Waals surface area contributed by atoms with Gasteiger partial charge < -0.3 is 4.90 Å². The number of likely N-dealkylation sites (tertiary alicyclic amines) is 1. The fraction of sp³-hybridized carbons (Fsp3) is 0.292. The lowest BCUT2D eigenvalue weighted by atomic mass is 9.93. The molecule has 11 heteroatoms. The van der Waals surface area contributed by atoms with Gasteiger partial charge in [-0.3, -0.25) is 9.69 Å². The van der Waals surface area contributed by atoms with Gasteiger partial charge in [0.1, 0.15) is 17.8 Å². The van der Waals surface area contributed by atoms with E-state index in [9.17, 15) is 22.4 Å². The molecule has 0 N–H and O–H groups in total. The van der Waals surface area contributed by atoms with Crippen LogP contribution in [-0.2, 0) is 12.7 Å². The summed E-state index contributed by atoms with van der Waals surface area (Å²) < 4.78 is 52.9. The molecule has 0 spiro atoms. The van der Waals surface area contributed by atoms with E-state index in [0.29, 0.717) is 28.7 Å². The van der Waals surface area contributed by atoms with Crippen LogP contribution in [-0.4, -0.2) is 51.9 Å². The lowest BCUT2D eigenvalue weighted by molar-refractivity contribution is -0.140. The highest BCUT2D eigenvalue weighted by atomic mass is 35.5. The van der Waals surface area contributed by atoms with Crippen LogP contribution in [0.4, 0.5) is 17.6 Å². The average Bonchev–Trinajstić information content (AvgIpc) is 3.26. The van der Waals surface area contributed by atoms with Crippen LogP contribution >= 0.6 is 23.2 Å².